The van der Waals surface area contributed by atoms with Gasteiger partial charge in [-0.05, 0) is 48.2 Å². The van der Waals surface area contributed by atoms with E-state index >= 15 is 0 Å². The highest BCUT2D eigenvalue weighted by Crippen LogP contribution is 2.58. The third-order valence-corrected chi connectivity index (χ3v) is 6.76. The molecule has 2 aromatic rings. The van der Waals surface area contributed by atoms with Gasteiger partial charge in [-0.1, -0.05) is 24.3 Å². The van der Waals surface area contributed by atoms with Gasteiger partial charge in [0.1, 0.15) is 5.78 Å². The molecule has 35 heavy (non-hydrogen) atoms. The zero-order chi connectivity index (χ0) is 25.7. The molecule has 4 atom stereocenters. The topological polar surface area (TPSA) is 93.2 Å². The molecule has 0 aliphatic heterocycles. The van der Waals surface area contributed by atoms with Gasteiger partial charge in [0.05, 0.1) is 26.1 Å². The van der Waals surface area contributed by atoms with Crippen molar-refractivity contribution in [2.75, 3.05) is 44.7 Å². The van der Waals surface area contributed by atoms with Crippen molar-refractivity contribution in [1.29, 1.82) is 0 Å². The van der Waals surface area contributed by atoms with Gasteiger partial charge in [-0.15, -0.1) is 0 Å². The Kier molecular flexibility index (Phi) is 8.27. The molecular weight excluding hydrogens is 448 g/mol. The first kappa shape index (κ1) is 25.9. The SMILES string of the molecule is COC(=O)[C@H]1[C@H](COC=O)[C@@H](c2ccc(N(C)C)cc2)[C@@H]1c1ccc(N(C)C(=O)CC(C)=O)cc1. The summed E-state index contributed by atoms with van der Waals surface area (Å²) in [4.78, 5) is 50.8. The fraction of sp³-hybridized carbons (Fsp3) is 0.407. The van der Waals surface area contributed by atoms with E-state index in [1.807, 2.05) is 67.5 Å². The molecule has 0 spiro atoms. The first-order chi connectivity index (χ1) is 16.7. The number of nitrogens with zero attached hydrogens (tertiary/aromatic N) is 2. The van der Waals surface area contributed by atoms with Crippen LogP contribution >= 0.6 is 0 Å². The molecule has 8 nitrogen and oxygen atoms in total. The summed E-state index contributed by atoms with van der Waals surface area (Å²) >= 11 is 0. The van der Waals surface area contributed by atoms with Crippen molar-refractivity contribution in [3.05, 3.63) is 59.7 Å². The van der Waals surface area contributed by atoms with Crippen LogP contribution in [0.25, 0.3) is 0 Å². The number of hydrogen-bond acceptors (Lipinski definition) is 7. The number of rotatable bonds is 10. The van der Waals surface area contributed by atoms with Gasteiger partial charge in [0.15, 0.2) is 0 Å². The lowest BCUT2D eigenvalue weighted by Crippen LogP contribution is -2.50. The van der Waals surface area contributed by atoms with Gasteiger partial charge in [-0.3, -0.25) is 19.2 Å². The molecule has 0 saturated heterocycles. The fourth-order valence-corrected chi connectivity index (χ4v) is 4.91. The number of carbonyl (C=O) groups is 4. The van der Waals surface area contributed by atoms with Crippen molar-refractivity contribution < 1.29 is 28.7 Å². The predicted octanol–water partition coefficient (Wildman–Crippen LogP) is 3.15. The van der Waals surface area contributed by atoms with Crippen LogP contribution in [0.5, 0.6) is 0 Å². The molecule has 0 unspecified atom stereocenters. The number of carbonyl (C=O) groups excluding carboxylic acids is 4. The molecule has 3 rings (SSSR count). The summed E-state index contributed by atoms with van der Waals surface area (Å²) in [5, 5.41) is 0. The second kappa shape index (κ2) is 11.2. The third kappa shape index (κ3) is 5.53. The minimum Gasteiger partial charge on any atom is -0.469 e. The van der Waals surface area contributed by atoms with E-state index in [0.717, 1.165) is 16.8 Å². The second-order valence-electron chi connectivity index (χ2n) is 9.10. The quantitative estimate of drug-likeness (QED) is 0.293. The van der Waals surface area contributed by atoms with Crippen LogP contribution in [0, 0.1) is 11.8 Å². The minimum absolute atomic E-state index is 0.0711. The van der Waals surface area contributed by atoms with Crippen LogP contribution < -0.4 is 9.80 Å². The van der Waals surface area contributed by atoms with Crippen molar-refractivity contribution in [2.45, 2.75) is 25.2 Å². The maximum absolute atomic E-state index is 12.8. The number of anilines is 2. The summed E-state index contributed by atoms with van der Waals surface area (Å²) in [7, 11) is 6.92. The van der Waals surface area contributed by atoms with Crippen LogP contribution in [0.15, 0.2) is 48.5 Å². The number of amides is 1. The van der Waals surface area contributed by atoms with Crippen LogP contribution in [0.2, 0.25) is 0 Å². The Balaban J connectivity index is 1.96. The van der Waals surface area contributed by atoms with E-state index in [1.54, 1.807) is 7.05 Å². The lowest BCUT2D eigenvalue weighted by Gasteiger charge is -2.50. The van der Waals surface area contributed by atoms with Crippen molar-refractivity contribution >= 4 is 35.5 Å². The van der Waals surface area contributed by atoms with E-state index in [2.05, 4.69) is 0 Å². The molecule has 1 saturated carbocycles. The summed E-state index contributed by atoms with van der Waals surface area (Å²) in [5.74, 6) is -1.82. The fourth-order valence-electron chi connectivity index (χ4n) is 4.91. The summed E-state index contributed by atoms with van der Waals surface area (Å²) < 4.78 is 10.2. The smallest absolute Gasteiger partial charge is 0.309 e. The third-order valence-electron chi connectivity index (χ3n) is 6.76. The molecule has 1 aliphatic carbocycles. The van der Waals surface area contributed by atoms with E-state index in [4.69, 9.17) is 9.47 Å². The zero-order valence-electron chi connectivity index (χ0n) is 20.8. The highest BCUT2D eigenvalue weighted by atomic mass is 16.5. The Bertz CT molecular complexity index is 1060. The van der Waals surface area contributed by atoms with Crippen LogP contribution in [-0.4, -0.2) is 59.0 Å². The molecule has 0 N–H and O–H groups in total. The van der Waals surface area contributed by atoms with Gasteiger partial charge in [-0.25, -0.2) is 0 Å². The van der Waals surface area contributed by atoms with Crippen LogP contribution in [0.4, 0.5) is 11.4 Å². The average Bonchev–Trinajstić information content (AvgIpc) is 2.83. The Morgan fingerprint density at radius 2 is 1.43 bits per heavy atom. The maximum atomic E-state index is 12.8. The number of ether oxygens (including phenoxy) is 2. The Hall–Kier alpha value is -3.68. The molecule has 2 aromatic carbocycles. The summed E-state index contributed by atoms with van der Waals surface area (Å²) in [5.41, 5.74) is 3.66. The largest absolute Gasteiger partial charge is 0.469 e. The number of hydrogen-bond donors (Lipinski definition) is 0. The van der Waals surface area contributed by atoms with Crippen molar-refractivity contribution in [1.82, 2.24) is 0 Å². The van der Waals surface area contributed by atoms with E-state index in [0.29, 0.717) is 12.2 Å². The van der Waals surface area contributed by atoms with Crippen molar-refractivity contribution in [3.63, 3.8) is 0 Å². The van der Waals surface area contributed by atoms with Gasteiger partial charge in [0, 0.05) is 44.4 Å². The first-order valence-electron chi connectivity index (χ1n) is 11.5. The number of Topliss-reactive ketones (excluding diaryl/α,β-unsaturated/α-hetero) is 1. The number of ketones is 1. The highest BCUT2D eigenvalue weighted by Gasteiger charge is 2.55. The number of benzene rings is 2. The van der Waals surface area contributed by atoms with Gasteiger partial charge in [0.2, 0.25) is 5.91 Å². The Morgan fingerprint density at radius 3 is 1.91 bits per heavy atom. The van der Waals surface area contributed by atoms with Gasteiger partial charge in [-0.2, -0.15) is 0 Å². The summed E-state index contributed by atoms with van der Waals surface area (Å²) in [6.45, 7) is 1.89. The highest BCUT2D eigenvalue weighted by molar-refractivity contribution is 6.04. The molecule has 0 heterocycles. The molecule has 1 amide bonds. The zero-order valence-corrected chi connectivity index (χ0v) is 20.8. The molecule has 1 fully saturated rings. The predicted molar refractivity (Wildman–Crippen MR) is 132 cm³/mol. The molecular formula is C27H32N2O6. The Morgan fingerprint density at radius 1 is 0.886 bits per heavy atom. The molecule has 0 bridgehead atoms. The lowest BCUT2D eigenvalue weighted by molar-refractivity contribution is -0.159. The minimum atomic E-state index is -0.485. The number of esters is 1. The summed E-state index contributed by atoms with van der Waals surface area (Å²) in [6.07, 6.45) is -0.158. The maximum Gasteiger partial charge on any atom is 0.309 e. The van der Waals surface area contributed by atoms with E-state index in [1.165, 1.54) is 18.9 Å². The van der Waals surface area contributed by atoms with E-state index in [9.17, 15) is 19.2 Å². The normalized spacial score (nSPS) is 20.8. The average molecular weight is 481 g/mol. The first-order valence-corrected chi connectivity index (χ1v) is 11.5. The van der Waals surface area contributed by atoms with Gasteiger partial charge < -0.3 is 19.3 Å². The monoisotopic (exact) mass is 480 g/mol. The second-order valence-corrected chi connectivity index (χ2v) is 9.10. The van der Waals surface area contributed by atoms with Crippen LogP contribution in [-0.2, 0) is 28.7 Å². The lowest BCUT2D eigenvalue weighted by atomic mass is 9.52. The number of methoxy groups -OCH3 is 1. The van der Waals surface area contributed by atoms with E-state index < -0.39 is 5.92 Å². The van der Waals surface area contributed by atoms with Crippen LogP contribution in [0.3, 0.4) is 0 Å². The molecule has 1 aliphatic rings. The summed E-state index contributed by atoms with van der Waals surface area (Å²) in [6, 6.07) is 15.5. The van der Waals surface area contributed by atoms with Crippen LogP contribution in [0.1, 0.15) is 36.3 Å². The van der Waals surface area contributed by atoms with E-state index in [-0.39, 0.29) is 48.4 Å². The standard InChI is InChI=1S/C27H32N2O6/c1-17(31)14-23(32)29(4)21-12-8-19(9-13-21)25-24(18-6-10-20(11-7-18)28(2)3)22(15-35-16-30)26(25)27(33)34-5/h6-13,16,22,24-26H,14-15H2,1-5H3/t22-,24-,25+,26+/m1/s1. The molecule has 8 heteroatoms. The molecule has 0 radical (unpaired) electrons. The van der Waals surface area contributed by atoms with Gasteiger partial charge in [0.25, 0.3) is 6.47 Å². The van der Waals surface area contributed by atoms with Crippen molar-refractivity contribution in [3.8, 4) is 0 Å². The Labute approximate surface area is 205 Å². The van der Waals surface area contributed by atoms with Crippen molar-refractivity contribution in [2.24, 2.45) is 11.8 Å². The molecule has 0 aromatic heterocycles. The van der Waals surface area contributed by atoms with Gasteiger partial charge >= 0.3 is 5.97 Å². The molecule has 186 valence electrons.